The van der Waals surface area contributed by atoms with Crippen molar-refractivity contribution in [1.29, 1.82) is 0 Å². The summed E-state index contributed by atoms with van der Waals surface area (Å²) in [6, 6.07) is 0. The topological polar surface area (TPSA) is 77.4 Å². The van der Waals surface area contributed by atoms with E-state index in [2.05, 4.69) is 6.92 Å². The predicted molar refractivity (Wildman–Crippen MR) is 100 cm³/mol. The third-order valence-electron chi connectivity index (χ3n) is 4.82. The molecule has 0 heterocycles. The first-order valence-electron chi connectivity index (χ1n) is 10.0. The van der Waals surface area contributed by atoms with Gasteiger partial charge in [0.15, 0.2) is 0 Å². The summed E-state index contributed by atoms with van der Waals surface area (Å²) in [5, 5.41) is 8.76. The second-order valence-corrected chi connectivity index (χ2v) is 8.73. The zero-order chi connectivity index (χ0) is 18.3. The van der Waals surface area contributed by atoms with Gasteiger partial charge in [0.2, 0.25) is 0 Å². The summed E-state index contributed by atoms with van der Waals surface area (Å²) in [5.74, 6) is 0. The van der Waals surface area contributed by atoms with Crippen molar-refractivity contribution in [3.8, 4) is 0 Å². The average Bonchev–Trinajstić information content (AvgIpc) is 2.53. The molecule has 0 fully saturated rings. The molecule has 0 aromatic rings. The van der Waals surface area contributed by atoms with Crippen LogP contribution in [0.25, 0.3) is 0 Å². The molecular formula is C19H39KO4S. The number of rotatable bonds is 17. The molecule has 6 heteroatoms. The summed E-state index contributed by atoms with van der Waals surface area (Å²) < 4.78 is 34.1. The predicted octanol–water partition coefficient (Wildman–Crippen LogP) is 2.16. The minimum absolute atomic E-state index is 0. The molecule has 0 aromatic carbocycles. The molecule has 1 N–H and O–H groups in total. The van der Waals surface area contributed by atoms with Crippen LogP contribution in [-0.2, 0) is 10.1 Å². The van der Waals surface area contributed by atoms with Crippen molar-refractivity contribution in [3.63, 3.8) is 0 Å². The Balaban J connectivity index is 0. The molecule has 0 saturated heterocycles. The standard InChI is InChI=1S/C19H40O4S.K/c1-3-5-6-7-8-9-10-11-12-16-19(24(21,22)23)17-14-13-15-18(20)4-2;/h18-20H,3-17H2,1-2H3,(H,21,22,23);/q;+1/p-1. The van der Waals surface area contributed by atoms with Crippen LogP contribution in [0.3, 0.4) is 0 Å². The van der Waals surface area contributed by atoms with Gasteiger partial charge in [0.1, 0.15) is 0 Å². The maximum atomic E-state index is 11.4. The molecule has 0 aliphatic rings. The molecular weight excluding hydrogens is 363 g/mol. The SMILES string of the molecule is CCCCCCCCCCCC(CCCCC(O)CC)S(=O)(=O)[O-].[K+]. The van der Waals surface area contributed by atoms with Crippen LogP contribution in [0.4, 0.5) is 0 Å². The van der Waals surface area contributed by atoms with Crippen LogP contribution in [-0.4, -0.2) is 29.4 Å². The van der Waals surface area contributed by atoms with E-state index >= 15 is 0 Å². The fraction of sp³-hybridized carbons (Fsp3) is 1.00. The van der Waals surface area contributed by atoms with Crippen LogP contribution in [0.1, 0.15) is 110 Å². The Hall–Kier alpha value is 1.51. The molecule has 0 aliphatic carbocycles. The van der Waals surface area contributed by atoms with Gasteiger partial charge >= 0.3 is 51.4 Å². The Labute approximate surface area is 199 Å². The zero-order valence-corrected chi connectivity index (χ0v) is 20.8. The fourth-order valence-corrected chi connectivity index (χ4v) is 3.98. The number of hydrogen-bond donors (Lipinski definition) is 1. The third kappa shape index (κ3) is 18.6. The number of aliphatic hydroxyl groups is 1. The number of unbranched alkanes of at least 4 members (excludes halogenated alkanes) is 9. The second-order valence-electron chi connectivity index (χ2n) is 7.08. The van der Waals surface area contributed by atoms with Crippen LogP contribution >= 0.6 is 0 Å². The van der Waals surface area contributed by atoms with Gasteiger partial charge in [-0.3, -0.25) is 0 Å². The minimum atomic E-state index is -4.19. The van der Waals surface area contributed by atoms with Gasteiger partial charge in [-0.1, -0.05) is 84.5 Å². The molecule has 0 aliphatic heterocycles. The van der Waals surface area contributed by atoms with Crippen LogP contribution in [0.5, 0.6) is 0 Å². The van der Waals surface area contributed by atoms with Gasteiger partial charge in [-0.05, 0) is 25.7 Å². The van der Waals surface area contributed by atoms with Crippen LogP contribution in [0.2, 0.25) is 0 Å². The second kappa shape index (κ2) is 18.9. The van der Waals surface area contributed by atoms with Crippen molar-refractivity contribution in [1.82, 2.24) is 0 Å². The Morgan fingerprint density at radius 2 is 1.16 bits per heavy atom. The minimum Gasteiger partial charge on any atom is -0.748 e. The Bertz CT molecular complexity index is 374. The van der Waals surface area contributed by atoms with Crippen molar-refractivity contribution >= 4 is 10.1 Å². The summed E-state index contributed by atoms with van der Waals surface area (Å²) in [4.78, 5) is 0. The van der Waals surface area contributed by atoms with Crippen molar-refractivity contribution in [3.05, 3.63) is 0 Å². The Kier molecular flexibility index (Phi) is 21.7. The molecule has 2 unspecified atom stereocenters. The average molecular weight is 403 g/mol. The first-order valence-corrected chi connectivity index (χ1v) is 11.5. The van der Waals surface area contributed by atoms with E-state index in [4.69, 9.17) is 0 Å². The van der Waals surface area contributed by atoms with Crippen LogP contribution in [0, 0.1) is 0 Å². The summed E-state index contributed by atoms with van der Waals surface area (Å²) in [5.41, 5.74) is 0. The van der Waals surface area contributed by atoms with Crippen LogP contribution in [0.15, 0.2) is 0 Å². The fourth-order valence-electron chi connectivity index (χ4n) is 3.07. The van der Waals surface area contributed by atoms with E-state index in [-0.39, 0.29) is 57.5 Å². The van der Waals surface area contributed by atoms with Gasteiger partial charge in [-0.15, -0.1) is 0 Å². The molecule has 25 heavy (non-hydrogen) atoms. The quantitative estimate of drug-likeness (QED) is 0.230. The summed E-state index contributed by atoms with van der Waals surface area (Å²) in [6.07, 6.45) is 14.2. The summed E-state index contributed by atoms with van der Waals surface area (Å²) in [6.45, 7) is 4.14. The van der Waals surface area contributed by atoms with E-state index in [9.17, 15) is 18.1 Å². The van der Waals surface area contributed by atoms with Gasteiger partial charge in [-0.2, -0.15) is 0 Å². The molecule has 0 rings (SSSR count). The van der Waals surface area contributed by atoms with E-state index < -0.39 is 15.4 Å². The third-order valence-corrected chi connectivity index (χ3v) is 6.11. The Morgan fingerprint density at radius 1 is 0.760 bits per heavy atom. The van der Waals surface area contributed by atoms with Gasteiger partial charge in [-0.25, -0.2) is 8.42 Å². The van der Waals surface area contributed by atoms with E-state index in [0.29, 0.717) is 25.7 Å². The molecule has 146 valence electrons. The number of hydrogen-bond acceptors (Lipinski definition) is 4. The largest absolute Gasteiger partial charge is 1.00 e. The maximum Gasteiger partial charge on any atom is 1.00 e. The van der Waals surface area contributed by atoms with Gasteiger partial charge in [0.25, 0.3) is 0 Å². The normalized spacial score (nSPS) is 14.1. The first-order chi connectivity index (χ1) is 11.4. The van der Waals surface area contributed by atoms with Crippen LogP contribution < -0.4 is 51.4 Å². The van der Waals surface area contributed by atoms with E-state index in [0.717, 1.165) is 32.1 Å². The maximum absolute atomic E-state index is 11.4. The molecule has 0 aromatic heterocycles. The molecule has 0 radical (unpaired) electrons. The monoisotopic (exact) mass is 402 g/mol. The van der Waals surface area contributed by atoms with Crippen molar-refractivity contribution in [2.45, 2.75) is 122 Å². The van der Waals surface area contributed by atoms with E-state index in [1.807, 2.05) is 6.92 Å². The molecule has 4 nitrogen and oxygen atoms in total. The zero-order valence-electron chi connectivity index (χ0n) is 16.8. The summed E-state index contributed by atoms with van der Waals surface area (Å²) in [7, 11) is -4.19. The van der Waals surface area contributed by atoms with E-state index in [1.165, 1.54) is 38.5 Å². The smallest absolute Gasteiger partial charge is 0.748 e. The van der Waals surface area contributed by atoms with Crippen molar-refractivity contribution in [2.24, 2.45) is 0 Å². The molecule has 0 spiro atoms. The Morgan fingerprint density at radius 3 is 1.60 bits per heavy atom. The van der Waals surface area contributed by atoms with E-state index in [1.54, 1.807) is 0 Å². The van der Waals surface area contributed by atoms with Gasteiger partial charge in [0, 0.05) is 5.25 Å². The first kappa shape index (κ1) is 28.7. The van der Waals surface area contributed by atoms with Crippen molar-refractivity contribution in [2.75, 3.05) is 0 Å². The molecule has 0 saturated carbocycles. The van der Waals surface area contributed by atoms with Gasteiger partial charge < -0.3 is 9.66 Å². The molecule has 0 amide bonds. The molecule has 2 atom stereocenters. The number of aliphatic hydroxyl groups excluding tert-OH is 1. The summed E-state index contributed by atoms with van der Waals surface area (Å²) >= 11 is 0. The molecule has 0 bridgehead atoms. The van der Waals surface area contributed by atoms with Crippen molar-refractivity contribution < 1.29 is 69.5 Å². The van der Waals surface area contributed by atoms with Gasteiger partial charge in [0.05, 0.1) is 16.2 Å².